The molecule has 0 bridgehead atoms. The van der Waals surface area contributed by atoms with Crippen molar-refractivity contribution < 1.29 is 32.6 Å². The molecule has 0 aliphatic carbocycles. The molecule has 0 aliphatic heterocycles. The largest absolute Gasteiger partial charge is 0.489 e. The average molecular weight is 443 g/mol. The number of nitrogens with one attached hydrogen (secondary N) is 1. The highest BCUT2D eigenvalue weighted by molar-refractivity contribution is 5.96. The fourth-order valence-electron chi connectivity index (χ4n) is 2.98. The lowest BCUT2D eigenvalue weighted by atomic mass is 10.0. The first-order chi connectivity index (χ1) is 15.2. The molecule has 0 spiro atoms. The highest BCUT2D eigenvalue weighted by Gasteiger charge is 2.31. The minimum Gasteiger partial charge on any atom is -0.489 e. The standard InChI is InChI=1S/C24H20F3NO4/c25-24(26,27)19-8-4-7-18(14-19)22(29)28-21(23(30)31)13-16-9-11-20(12-10-16)32-15-17-5-2-1-3-6-17/h1-12,14,21H,13,15H2,(H,28,29)(H,30,31)/t21-/m1/s1. The first kappa shape index (κ1) is 22.9. The molecule has 166 valence electrons. The topological polar surface area (TPSA) is 75.6 Å². The van der Waals surface area contributed by atoms with E-state index in [-0.39, 0.29) is 12.0 Å². The van der Waals surface area contributed by atoms with Crippen LogP contribution < -0.4 is 10.1 Å². The molecule has 0 saturated heterocycles. The summed E-state index contributed by atoms with van der Waals surface area (Å²) in [7, 11) is 0. The Balaban J connectivity index is 1.62. The van der Waals surface area contributed by atoms with Crippen LogP contribution in [0, 0.1) is 0 Å². The summed E-state index contributed by atoms with van der Waals surface area (Å²) in [5, 5.41) is 11.7. The zero-order valence-electron chi connectivity index (χ0n) is 16.8. The molecule has 32 heavy (non-hydrogen) atoms. The maximum absolute atomic E-state index is 12.9. The second-order valence-electron chi connectivity index (χ2n) is 7.07. The van der Waals surface area contributed by atoms with Gasteiger partial charge in [0.25, 0.3) is 5.91 Å². The van der Waals surface area contributed by atoms with Gasteiger partial charge in [-0.3, -0.25) is 4.79 Å². The van der Waals surface area contributed by atoms with Crippen LogP contribution in [0.25, 0.3) is 0 Å². The Bertz CT molecular complexity index is 1070. The summed E-state index contributed by atoms with van der Waals surface area (Å²) in [4.78, 5) is 23.9. The van der Waals surface area contributed by atoms with Gasteiger partial charge >= 0.3 is 12.1 Å². The number of benzene rings is 3. The molecule has 1 amide bonds. The number of rotatable bonds is 8. The predicted molar refractivity (Wildman–Crippen MR) is 111 cm³/mol. The van der Waals surface area contributed by atoms with E-state index in [1.807, 2.05) is 30.3 Å². The van der Waals surface area contributed by atoms with Crippen molar-refractivity contribution in [2.24, 2.45) is 0 Å². The molecule has 8 heteroatoms. The van der Waals surface area contributed by atoms with Gasteiger partial charge in [-0.1, -0.05) is 48.5 Å². The monoisotopic (exact) mass is 443 g/mol. The third-order valence-electron chi connectivity index (χ3n) is 4.67. The van der Waals surface area contributed by atoms with Gasteiger partial charge in [-0.15, -0.1) is 0 Å². The Labute approximate surface area is 182 Å². The maximum atomic E-state index is 12.9. The lowest BCUT2D eigenvalue weighted by Gasteiger charge is -2.16. The Kier molecular flexibility index (Phi) is 7.14. The summed E-state index contributed by atoms with van der Waals surface area (Å²) >= 11 is 0. The minimum atomic E-state index is -4.60. The number of carboxylic acids is 1. The molecule has 3 rings (SSSR count). The van der Waals surface area contributed by atoms with Gasteiger partial charge in [0.05, 0.1) is 5.56 Å². The van der Waals surface area contributed by atoms with E-state index in [9.17, 15) is 27.9 Å². The van der Waals surface area contributed by atoms with Gasteiger partial charge in [0.2, 0.25) is 0 Å². The van der Waals surface area contributed by atoms with Gasteiger partial charge in [0.15, 0.2) is 0 Å². The summed E-state index contributed by atoms with van der Waals surface area (Å²) in [6, 6.07) is 18.8. The van der Waals surface area contributed by atoms with Crippen molar-refractivity contribution >= 4 is 11.9 Å². The number of carbonyl (C=O) groups excluding carboxylic acids is 1. The fraction of sp³-hybridized carbons (Fsp3) is 0.167. The fourth-order valence-corrected chi connectivity index (χ4v) is 2.98. The number of carboxylic acid groups (broad SMARTS) is 1. The molecule has 0 unspecified atom stereocenters. The molecule has 0 fully saturated rings. The molecule has 0 radical (unpaired) electrons. The SMILES string of the molecule is O=C(N[C@H](Cc1ccc(OCc2ccccc2)cc1)C(=O)O)c1cccc(C(F)(F)F)c1. The molecule has 3 aromatic rings. The van der Waals surface area contributed by atoms with Crippen molar-refractivity contribution in [1.82, 2.24) is 5.32 Å². The van der Waals surface area contributed by atoms with Gasteiger partial charge in [-0.05, 0) is 41.5 Å². The van der Waals surface area contributed by atoms with E-state index >= 15 is 0 Å². The van der Waals surface area contributed by atoms with Gasteiger partial charge < -0.3 is 15.2 Å². The first-order valence-electron chi connectivity index (χ1n) is 9.69. The Morgan fingerprint density at radius 2 is 1.59 bits per heavy atom. The molecule has 5 nitrogen and oxygen atoms in total. The summed E-state index contributed by atoms with van der Waals surface area (Å²) in [6.45, 7) is 0.380. The number of ether oxygens (including phenoxy) is 1. The third-order valence-corrected chi connectivity index (χ3v) is 4.67. The van der Waals surface area contributed by atoms with E-state index in [4.69, 9.17) is 4.74 Å². The van der Waals surface area contributed by atoms with Crippen LogP contribution >= 0.6 is 0 Å². The van der Waals surface area contributed by atoms with E-state index in [1.54, 1.807) is 24.3 Å². The zero-order chi connectivity index (χ0) is 23.1. The molecule has 0 aromatic heterocycles. The smallest absolute Gasteiger partial charge is 0.416 e. The average Bonchev–Trinajstić information content (AvgIpc) is 2.78. The number of aliphatic carboxylic acids is 1. The normalized spacial score (nSPS) is 12.1. The molecular weight excluding hydrogens is 423 g/mol. The number of halogens is 3. The van der Waals surface area contributed by atoms with Crippen LogP contribution in [-0.4, -0.2) is 23.0 Å². The number of hydrogen-bond acceptors (Lipinski definition) is 3. The van der Waals surface area contributed by atoms with E-state index in [2.05, 4.69) is 5.32 Å². The van der Waals surface area contributed by atoms with E-state index < -0.39 is 29.7 Å². The first-order valence-corrected chi connectivity index (χ1v) is 9.69. The molecule has 0 aliphatic rings. The highest BCUT2D eigenvalue weighted by Crippen LogP contribution is 2.29. The Hall–Kier alpha value is -3.81. The Morgan fingerprint density at radius 1 is 0.906 bits per heavy atom. The van der Waals surface area contributed by atoms with Crippen LogP contribution in [0.5, 0.6) is 5.75 Å². The van der Waals surface area contributed by atoms with Crippen molar-refractivity contribution in [2.75, 3.05) is 0 Å². The number of alkyl halides is 3. The second kappa shape index (κ2) is 10.00. The van der Waals surface area contributed by atoms with E-state index in [0.29, 0.717) is 24.0 Å². The van der Waals surface area contributed by atoms with Gasteiger partial charge in [0.1, 0.15) is 18.4 Å². The van der Waals surface area contributed by atoms with Crippen LogP contribution in [0.4, 0.5) is 13.2 Å². The molecule has 3 aromatic carbocycles. The van der Waals surface area contributed by atoms with Crippen molar-refractivity contribution in [3.63, 3.8) is 0 Å². The summed E-state index contributed by atoms with van der Waals surface area (Å²) in [6.07, 6.45) is -4.65. The molecule has 2 N–H and O–H groups in total. The van der Waals surface area contributed by atoms with E-state index in [0.717, 1.165) is 17.7 Å². The van der Waals surface area contributed by atoms with Crippen LogP contribution in [0.3, 0.4) is 0 Å². The number of carbonyl (C=O) groups is 2. The van der Waals surface area contributed by atoms with Crippen molar-refractivity contribution in [2.45, 2.75) is 25.2 Å². The van der Waals surface area contributed by atoms with Crippen molar-refractivity contribution in [3.05, 3.63) is 101 Å². The van der Waals surface area contributed by atoms with Crippen LogP contribution in [0.1, 0.15) is 27.0 Å². The summed E-state index contributed by atoms with van der Waals surface area (Å²) in [5.74, 6) is -1.60. The Morgan fingerprint density at radius 3 is 2.22 bits per heavy atom. The molecule has 0 heterocycles. The molecular formula is C24H20F3NO4. The predicted octanol–water partition coefficient (Wildman–Crippen LogP) is 4.71. The van der Waals surface area contributed by atoms with Crippen molar-refractivity contribution in [3.8, 4) is 5.75 Å². The number of hydrogen-bond donors (Lipinski definition) is 2. The van der Waals surface area contributed by atoms with Gasteiger partial charge in [0, 0.05) is 12.0 Å². The minimum absolute atomic E-state index is 0.0427. The maximum Gasteiger partial charge on any atom is 0.416 e. The zero-order valence-corrected chi connectivity index (χ0v) is 16.8. The third kappa shape index (κ3) is 6.34. The second-order valence-corrected chi connectivity index (χ2v) is 7.07. The highest BCUT2D eigenvalue weighted by atomic mass is 19.4. The van der Waals surface area contributed by atoms with Gasteiger partial charge in [-0.25, -0.2) is 4.79 Å². The lowest BCUT2D eigenvalue weighted by Crippen LogP contribution is -2.42. The number of amides is 1. The lowest BCUT2D eigenvalue weighted by molar-refractivity contribution is -0.139. The van der Waals surface area contributed by atoms with Crippen molar-refractivity contribution in [1.29, 1.82) is 0 Å². The van der Waals surface area contributed by atoms with Crippen LogP contribution in [0.15, 0.2) is 78.9 Å². The molecule has 0 saturated carbocycles. The summed E-state index contributed by atoms with van der Waals surface area (Å²) < 4.78 is 44.3. The van der Waals surface area contributed by atoms with E-state index in [1.165, 1.54) is 6.07 Å². The quantitative estimate of drug-likeness (QED) is 0.529. The van der Waals surface area contributed by atoms with Gasteiger partial charge in [-0.2, -0.15) is 13.2 Å². The molecule has 1 atom stereocenters. The van der Waals surface area contributed by atoms with Crippen LogP contribution in [0.2, 0.25) is 0 Å². The summed E-state index contributed by atoms with van der Waals surface area (Å²) in [5.41, 5.74) is 0.368. The van der Waals surface area contributed by atoms with Crippen LogP contribution in [-0.2, 0) is 24.0 Å².